The lowest BCUT2D eigenvalue weighted by Crippen LogP contribution is -2.26. The maximum atomic E-state index is 12.7. The second-order valence-electron chi connectivity index (χ2n) is 4.26. The van der Waals surface area contributed by atoms with Crippen molar-refractivity contribution in [1.82, 2.24) is 14.6 Å². The molecule has 0 saturated carbocycles. The van der Waals surface area contributed by atoms with E-state index in [0.29, 0.717) is 30.8 Å². The first-order valence-electron chi connectivity index (χ1n) is 6.24. The van der Waals surface area contributed by atoms with Gasteiger partial charge in [0, 0.05) is 38.2 Å². The molecule has 0 spiro atoms. The molecule has 0 aliphatic heterocycles. The van der Waals surface area contributed by atoms with Gasteiger partial charge in [0.1, 0.15) is 5.52 Å². The van der Waals surface area contributed by atoms with E-state index in [0.717, 1.165) is 6.07 Å². The van der Waals surface area contributed by atoms with Crippen LogP contribution in [0.5, 0.6) is 0 Å². The fraction of sp³-hybridized carbons (Fsp3) is 0.500. The molecule has 0 unspecified atom stereocenters. The van der Waals surface area contributed by atoms with E-state index in [1.54, 1.807) is 0 Å². The first-order chi connectivity index (χ1) is 9.47. The first kappa shape index (κ1) is 14.6. The fourth-order valence-corrected chi connectivity index (χ4v) is 1.97. The third-order valence-electron chi connectivity index (χ3n) is 2.93. The van der Waals surface area contributed by atoms with Gasteiger partial charge in [-0.25, -0.2) is 9.50 Å². The van der Waals surface area contributed by atoms with E-state index in [1.807, 2.05) is 11.8 Å². The third kappa shape index (κ3) is 2.84. The number of hydrogen-bond acceptors (Lipinski definition) is 4. The van der Waals surface area contributed by atoms with Crippen LogP contribution in [0.3, 0.4) is 0 Å². The van der Waals surface area contributed by atoms with Crippen LogP contribution in [0.25, 0.3) is 5.52 Å². The van der Waals surface area contributed by atoms with Crippen LogP contribution >= 0.6 is 0 Å². The number of aliphatic hydroxyl groups excluding tert-OH is 1. The molecule has 0 aromatic carbocycles. The maximum absolute atomic E-state index is 12.7. The summed E-state index contributed by atoms with van der Waals surface area (Å²) in [5, 5.41) is 12.4. The van der Waals surface area contributed by atoms with Crippen LogP contribution in [0.2, 0.25) is 0 Å². The van der Waals surface area contributed by atoms with E-state index >= 15 is 0 Å². The van der Waals surface area contributed by atoms with Crippen LogP contribution in [0.15, 0.2) is 18.5 Å². The fourth-order valence-electron chi connectivity index (χ4n) is 1.97. The highest BCUT2D eigenvalue weighted by Gasteiger charge is 2.34. The lowest BCUT2D eigenvalue weighted by Gasteiger charge is -2.21. The number of anilines is 1. The zero-order valence-electron chi connectivity index (χ0n) is 10.9. The van der Waals surface area contributed by atoms with Gasteiger partial charge < -0.3 is 10.0 Å². The Labute approximate surface area is 113 Å². The first-order valence-corrected chi connectivity index (χ1v) is 6.24. The molecule has 2 heterocycles. The molecule has 2 rings (SSSR count). The summed E-state index contributed by atoms with van der Waals surface area (Å²) < 4.78 is 39.3. The Kier molecular flexibility index (Phi) is 4.12. The van der Waals surface area contributed by atoms with E-state index in [-0.39, 0.29) is 6.61 Å². The number of alkyl halides is 3. The average molecular weight is 288 g/mol. The number of aliphatic hydroxyl groups is 1. The molecule has 0 saturated heterocycles. The van der Waals surface area contributed by atoms with E-state index in [9.17, 15) is 13.2 Å². The molecule has 20 heavy (non-hydrogen) atoms. The molecule has 0 amide bonds. The minimum absolute atomic E-state index is 0.0205. The van der Waals surface area contributed by atoms with Crippen molar-refractivity contribution in [3.8, 4) is 0 Å². The molecule has 0 bridgehead atoms. The van der Waals surface area contributed by atoms with Crippen LogP contribution in [-0.4, -0.2) is 39.4 Å². The van der Waals surface area contributed by atoms with Crippen molar-refractivity contribution in [2.45, 2.75) is 19.5 Å². The monoisotopic (exact) mass is 288 g/mol. The summed E-state index contributed by atoms with van der Waals surface area (Å²) in [6.07, 6.45) is -1.16. The summed E-state index contributed by atoms with van der Waals surface area (Å²) in [6.45, 7) is 3.00. The highest BCUT2D eigenvalue weighted by Crippen LogP contribution is 2.30. The quantitative estimate of drug-likeness (QED) is 0.913. The molecule has 5 nitrogen and oxygen atoms in total. The summed E-state index contributed by atoms with van der Waals surface area (Å²) in [5.74, 6) is 0.437. The van der Waals surface area contributed by atoms with Gasteiger partial charge in [0.05, 0.1) is 0 Å². The Bertz CT molecular complexity index is 582. The molecule has 2 aromatic heterocycles. The topological polar surface area (TPSA) is 53.7 Å². The molecule has 0 atom stereocenters. The SMILES string of the molecule is CCN(CCCO)c1nccn2nc(C(F)(F)F)cc12. The van der Waals surface area contributed by atoms with Gasteiger partial charge in [-0.2, -0.15) is 18.3 Å². The zero-order chi connectivity index (χ0) is 14.8. The van der Waals surface area contributed by atoms with Crippen LogP contribution in [0, 0.1) is 0 Å². The lowest BCUT2D eigenvalue weighted by atomic mass is 10.3. The molecule has 110 valence electrons. The van der Waals surface area contributed by atoms with Gasteiger partial charge >= 0.3 is 6.18 Å². The normalized spacial score (nSPS) is 12.1. The average Bonchev–Trinajstić information content (AvgIpc) is 2.84. The minimum Gasteiger partial charge on any atom is -0.396 e. The van der Waals surface area contributed by atoms with Crippen molar-refractivity contribution in [3.63, 3.8) is 0 Å². The summed E-state index contributed by atoms with van der Waals surface area (Å²) in [5.41, 5.74) is -0.635. The van der Waals surface area contributed by atoms with Crippen LogP contribution in [0.1, 0.15) is 19.0 Å². The highest BCUT2D eigenvalue weighted by molar-refractivity contribution is 5.69. The van der Waals surface area contributed by atoms with Crippen LogP contribution in [0.4, 0.5) is 19.0 Å². The van der Waals surface area contributed by atoms with Crippen molar-refractivity contribution in [1.29, 1.82) is 0 Å². The molecule has 0 aliphatic rings. The number of nitrogens with zero attached hydrogens (tertiary/aromatic N) is 4. The molecule has 0 aliphatic carbocycles. The standard InChI is InChI=1S/C12H15F3N4O/c1-2-18(5-3-7-20)11-9-8-10(12(13,14)15)17-19(9)6-4-16-11/h4,6,8,20H,2-3,5,7H2,1H3. The van der Waals surface area contributed by atoms with Gasteiger partial charge in [0.25, 0.3) is 0 Å². The van der Waals surface area contributed by atoms with E-state index < -0.39 is 11.9 Å². The number of fused-ring (bicyclic) bond motifs is 1. The molecule has 0 fully saturated rings. The van der Waals surface area contributed by atoms with Gasteiger partial charge in [-0.05, 0) is 13.3 Å². The smallest absolute Gasteiger partial charge is 0.396 e. The summed E-state index contributed by atoms with van der Waals surface area (Å²) in [7, 11) is 0. The molecular formula is C12H15F3N4O. The van der Waals surface area contributed by atoms with Crippen LogP contribution < -0.4 is 4.90 Å². The molecule has 1 N–H and O–H groups in total. The summed E-state index contributed by atoms with van der Waals surface area (Å²) >= 11 is 0. The molecule has 2 aromatic rings. The second kappa shape index (κ2) is 5.66. The maximum Gasteiger partial charge on any atom is 0.435 e. The number of aromatic nitrogens is 3. The molecular weight excluding hydrogens is 273 g/mol. The van der Waals surface area contributed by atoms with Crippen molar-refractivity contribution >= 4 is 11.3 Å². The van der Waals surface area contributed by atoms with Gasteiger partial charge in [-0.1, -0.05) is 0 Å². The van der Waals surface area contributed by atoms with Gasteiger partial charge in [0.2, 0.25) is 0 Å². The lowest BCUT2D eigenvalue weighted by molar-refractivity contribution is -0.141. The van der Waals surface area contributed by atoms with Crippen LogP contribution in [-0.2, 0) is 6.18 Å². The Morgan fingerprint density at radius 2 is 2.15 bits per heavy atom. The van der Waals surface area contributed by atoms with Gasteiger partial charge in [-0.3, -0.25) is 0 Å². The Morgan fingerprint density at radius 3 is 2.75 bits per heavy atom. The molecule has 0 radical (unpaired) electrons. The van der Waals surface area contributed by atoms with Crippen molar-refractivity contribution in [3.05, 3.63) is 24.2 Å². The third-order valence-corrected chi connectivity index (χ3v) is 2.93. The Morgan fingerprint density at radius 1 is 1.40 bits per heavy atom. The second-order valence-corrected chi connectivity index (χ2v) is 4.26. The zero-order valence-corrected chi connectivity index (χ0v) is 10.9. The van der Waals surface area contributed by atoms with E-state index in [2.05, 4.69) is 10.1 Å². The van der Waals surface area contributed by atoms with Gasteiger partial charge in [-0.15, -0.1) is 0 Å². The van der Waals surface area contributed by atoms with Crippen molar-refractivity contribution < 1.29 is 18.3 Å². The van der Waals surface area contributed by atoms with Gasteiger partial charge in [0.15, 0.2) is 11.5 Å². The number of rotatable bonds is 5. The molecule has 8 heteroatoms. The van der Waals surface area contributed by atoms with Crippen molar-refractivity contribution in [2.75, 3.05) is 24.6 Å². The highest BCUT2D eigenvalue weighted by atomic mass is 19.4. The largest absolute Gasteiger partial charge is 0.435 e. The number of halogens is 3. The number of hydrogen-bond donors (Lipinski definition) is 1. The van der Waals surface area contributed by atoms with E-state index in [4.69, 9.17) is 5.11 Å². The predicted octanol–water partition coefficient (Wildman–Crippen LogP) is 1.96. The Balaban J connectivity index is 2.45. The Hall–Kier alpha value is -1.83. The van der Waals surface area contributed by atoms with E-state index in [1.165, 1.54) is 16.9 Å². The summed E-state index contributed by atoms with van der Waals surface area (Å²) in [4.78, 5) is 5.96. The van der Waals surface area contributed by atoms with Crippen molar-refractivity contribution in [2.24, 2.45) is 0 Å². The summed E-state index contributed by atoms with van der Waals surface area (Å²) in [6, 6.07) is 0.990. The minimum atomic E-state index is -4.48. The predicted molar refractivity (Wildman–Crippen MR) is 67.6 cm³/mol.